The number of aromatic nitrogens is 2. The molecule has 1 unspecified atom stereocenters. The van der Waals surface area contributed by atoms with Crippen molar-refractivity contribution < 1.29 is 5.11 Å². The topological polar surface area (TPSA) is 53.3 Å². The van der Waals surface area contributed by atoms with Crippen LogP contribution in [-0.4, -0.2) is 52.1 Å². The standard InChI is InChI=1S/C12H22N4O/c1-2-15(12-3-4-13-8-12)9-11-7-14-16(10-11)5-6-17/h7,10,12-13,17H,2-6,8-9H2,1H3. The lowest BCUT2D eigenvalue weighted by Crippen LogP contribution is -2.36. The van der Waals surface area contributed by atoms with Crippen molar-refractivity contribution in [2.45, 2.75) is 32.5 Å². The second-order valence-electron chi connectivity index (χ2n) is 4.54. The van der Waals surface area contributed by atoms with Gasteiger partial charge >= 0.3 is 0 Å². The number of aliphatic hydroxyl groups excluding tert-OH is 1. The summed E-state index contributed by atoms with van der Waals surface area (Å²) in [7, 11) is 0. The number of nitrogens with zero attached hydrogens (tertiary/aromatic N) is 3. The fourth-order valence-corrected chi connectivity index (χ4v) is 2.40. The molecule has 2 N–H and O–H groups in total. The average molecular weight is 238 g/mol. The monoisotopic (exact) mass is 238 g/mol. The molecule has 2 rings (SSSR count). The molecule has 17 heavy (non-hydrogen) atoms. The maximum absolute atomic E-state index is 8.85. The molecule has 1 fully saturated rings. The quantitative estimate of drug-likeness (QED) is 0.736. The smallest absolute Gasteiger partial charge is 0.0640 e. The van der Waals surface area contributed by atoms with Crippen LogP contribution >= 0.6 is 0 Å². The van der Waals surface area contributed by atoms with Gasteiger partial charge in [0, 0.05) is 30.9 Å². The summed E-state index contributed by atoms with van der Waals surface area (Å²) < 4.78 is 1.80. The molecule has 1 aliphatic rings. The minimum absolute atomic E-state index is 0.144. The highest BCUT2D eigenvalue weighted by atomic mass is 16.3. The first kappa shape index (κ1) is 12.5. The zero-order valence-electron chi connectivity index (χ0n) is 10.5. The minimum Gasteiger partial charge on any atom is -0.394 e. The summed E-state index contributed by atoms with van der Waals surface area (Å²) >= 11 is 0. The van der Waals surface area contributed by atoms with Crippen molar-refractivity contribution in [3.05, 3.63) is 18.0 Å². The first-order chi connectivity index (χ1) is 8.33. The van der Waals surface area contributed by atoms with E-state index in [4.69, 9.17) is 5.11 Å². The largest absolute Gasteiger partial charge is 0.394 e. The fraction of sp³-hybridized carbons (Fsp3) is 0.750. The molecule has 0 radical (unpaired) electrons. The van der Waals surface area contributed by atoms with Gasteiger partial charge in [-0.2, -0.15) is 5.10 Å². The summed E-state index contributed by atoms with van der Waals surface area (Å²) in [5.74, 6) is 0. The molecule has 5 nitrogen and oxygen atoms in total. The molecule has 1 aromatic rings. The van der Waals surface area contributed by atoms with Crippen LogP contribution in [0.1, 0.15) is 18.9 Å². The Labute approximate surface area is 102 Å². The summed E-state index contributed by atoms with van der Waals surface area (Å²) in [5.41, 5.74) is 1.23. The third-order valence-corrected chi connectivity index (χ3v) is 3.36. The van der Waals surface area contributed by atoms with E-state index < -0.39 is 0 Å². The van der Waals surface area contributed by atoms with Gasteiger partial charge < -0.3 is 10.4 Å². The summed E-state index contributed by atoms with van der Waals surface area (Å²) in [6, 6.07) is 0.654. The van der Waals surface area contributed by atoms with Crippen LogP contribution in [0.2, 0.25) is 0 Å². The first-order valence-electron chi connectivity index (χ1n) is 6.40. The second-order valence-corrected chi connectivity index (χ2v) is 4.54. The summed E-state index contributed by atoms with van der Waals surface area (Å²) in [5, 5.41) is 16.5. The number of aliphatic hydroxyl groups is 1. The maximum atomic E-state index is 8.85. The fourth-order valence-electron chi connectivity index (χ4n) is 2.40. The molecule has 1 aromatic heterocycles. The van der Waals surface area contributed by atoms with E-state index in [1.807, 2.05) is 12.4 Å². The lowest BCUT2D eigenvalue weighted by atomic mass is 10.2. The predicted octanol–water partition coefficient (Wildman–Crippen LogP) is 0.0592. The van der Waals surface area contributed by atoms with Gasteiger partial charge in [0.05, 0.1) is 19.3 Å². The zero-order valence-corrected chi connectivity index (χ0v) is 10.5. The van der Waals surface area contributed by atoms with Crippen LogP contribution in [0.3, 0.4) is 0 Å². The van der Waals surface area contributed by atoms with Gasteiger partial charge in [-0.15, -0.1) is 0 Å². The van der Waals surface area contributed by atoms with Gasteiger partial charge in [-0.05, 0) is 19.5 Å². The lowest BCUT2D eigenvalue weighted by molar-refractivity contribution is 0.210. The SMILES string of the molecule is CCN(Cc1cnn(CCO)c1)C1CCNC1. The van der Waals surface area contributed by atoms with Crippen LogP contribution in [0.25, 0.3) is 0 Å². The van der Waals surface area contributed by atoms with Gasteiger partial charge in [0.1, 0.15) is 0 Å². The van der Waals surface area contributed by atoms with Crippen LogP contribution in [0, 0.1) is 0 Å². The normalized spacial score (nSPS) is 20.3. The molecule has 0 amide bonds. The molecular formula is C12H22N4O. The Kier molecular flexibility index (Phi) is 4.53. The Bertz CT molecular complexity index is 333. The van der Waals surface area contributed by atoms with Crippen molar-refractivity contribution in [2.24, 2.45) is 0 Å². The highest BCUT2D eigenvalue weighted by Crippen LogP contribution is 2.12. The van der Waals surface area contributed by atoms with Crippen molar-refractivity contribution in [3.63, 3.8) is 0 Å². The van der Waals surface area contributed by atoms with Gasteiger partial charge in [-0.3, -0.25) is 9.58 Å². The Morgan fingerprint density at radius 3 is 3.18 bits per heavy atom. The molecule has 1 atom stereocenters. The Morgan fingerprint density at radius 1 is 1.65 bits per heavy atom. The molecule has 2 heterocycles. The van der Waals surface area contributed by atoms with E-state index in [1.54, 1.807) is 4.68 Å². The zero-order chi connectivity index (χ0) is 12.1. The molecular weight excluding hydrogens is 216 g/mol. The highest BCUT2D eigenvalue weighted by molar-refractivity contribution is 5.04. The predicted molar refractivity (Wildman–Crippen MR) is 66.7 cm³/mol. The summed E-state index contributed by atoms with van der Waals surface area (Å²) in [6.07, 6.45) is 5.17. The van der Waals surface area contributed by atoms with E-state index in [1.165, 1.54) is 12.0 Å². The van der Waals surface area contributed by atoms with E-state index in [0.717, 1.165) is 26.2 Å². The molecule has 0 aliphatic carbocycles. The van der Waals surface area contributed by atoms with Crippen LogP contribution in [0.5, 0.6) is 0 Å². The van der Waals surface area contributed by atoms with E-state index in [2.05, 4.69) is 22.2 Å². The molecule has 5 heteroatoms. The lowest BCUT2D eigenvalue weighted by Gasteiger charge is -2.26. The summed E-state index contributed by atoms with van der Waals surface area (Å²) in [4.78, 5) is 2.49. The van der Waals surface area contributed by atoms with E-state index in [0.29, 0.717) is 12.6 Å². The molecule has 0 saturated carbocycles. The second kappa shape index (κ2) is 6.14. The molecule has 0 spiro atoms. The third kappa shape index (κ3) is 3.28. The number of likely N-dealkylation sites (N-methyl/N-ethyl adjacent to an activating group) is 1. The van der Waals surface area contributed by atoms with Crippen LogP contribution in [0.4, 0.5) is 0 Å². The maximum Gasteiger partial charge on any atom is 0.0640 e. The van der Waals surface area contributed by atoms with Gasteiger partial charge in [-0.25, -0.2) is 0 Å². The Hall–Kier alpha value is -0.910. The van der Waals surface area contributed by atoms with Crippen molar-refractivity contribution in [1.82, 2.24) is 20.0 Å². The number of rotatable bonds is 6. The average Bonchev–Trinajstić information content (AvgIpc) is 2.97. The number of hydrogen-bond donors (Lipinski definition) is 2. The number of hydrogen-bond acceptors (Lipinski definition) is 4. The first-order valence-corrected chi connectivity index (χ1v) is 6.40. The Balaban J connectivity index is 1.92. The van der Waals surface area contributed by atoms with Crippen LogP contribution < -0.4 is 5.32 Å². The molecule has 0 bridgehead atoms. The van der Waals surface area contributed by atoms with Crippen LogP contribution in [0.15, 0.2) is 12.4 Å². The van der Waals surface area contributed by atoms with E-state index in [-0.39, 0.29) is 6.61 Å². The molecule has 96 valence electrons. The van der Waals surface area contributed by atoms with Crippen molar-refractivity contribution in [1.29, 1.82) is 0 Å². The molecule has 1 aliphatic heterocycles. The Morgan fingerprint density at radius 2 is 2.53 bits per heavy atom. The van der Waals surface area contributed by atoms with E-state index >= 15 is 0 Å². The van der Waals surface area contributed by atoms with Gasteiger partial charge in [0.25, 0.3) is 0 Å². The van der Waals surface area contributed by atoms with Gasteiger partial charge in [0.2, 0.25) is 0 Å². The van der Waals surface area contributed by atoms with Crippen LogP contribution in [-0.2, 0) is 13.1 Å². The van der Waals surface area contributed by atoms with E-state index in [9.17, 15) is 0 Å². The van der Waals surface area contributed by atoms with Crippen molar-refractivity contribution >= 4 is 0 Å². The third-order valence-electron chi connectivity index (χ3n) is 3.36. The minimum atomic E-state index is 0.144. The molecule has 0 aromatic carbocycles. The van der Waals surface area contributed by atoms with Crippen molar-refractivity contribution in [2.75, 3.05) is 26.2 Å². The van der Waals surface area contributed by atoms with Crippen molar-refractivity contribution in [3.8, 4) is 0 Å². The van der Waals surface area contributed by atoms with Gasteiger partial charge in [-0.1, -0.05) is 6.92 Å². The van der Waals surface area contributed by atoms with Gasteiger partial charge in [0.15, 0.2) is 0 Å². The molecule has 1 saturated heterocycles. The number of nitrogens with one attached hydrogen (secondary N) is 1. The highest BCUT2D eigenvalue weighted by Gasteiger charge is 2.21. The summed E-state index contributed by atoms with van der Waals surface area (Å²) in [6.45, 7) is 7.17.